The fourth-order valence-corrected chi connectivity index (χ4v) is 5.63. The Morgan fingerprint density at radius 3 is 2.63 bits per heavy atom. The molecule has 1 aliphatic rings. The first-order valence-electron chi connectivity index (χ1n) is 12.6. The van der Waals surface area contributed by atoms with Crippen LogP contribution in [0, 0.1) is 0 Å². The first-order chi connectivity index (χ1) is 18.3. The van der Waals surface area contributed by atoms with Crippen LogP contribution in [0.25, 0.3) is 6.08 Å². The molecule has 0 aliphatic carbocycles. The number of fused-ring (bicyclic) bond motifs is 1. The molecule has 38 heavy (non-hydrogen) atoms. The first kappa shape index (κ1) is 27.7. The number of aromatic nitrogens is 1. The van der Waals surface area contributed by atoms with Gasteiger partial charge in [-0.1, -0.05) is 54.5 Å². The number of rotatable bonds is 9. The van der Waals surface area contributed by atoms with Crippen molar-refractivity contribution >= 4 is 35.0 Å². The standard InChI is InChI=1S/C29H31ClN2O5S/c1-6-10-21-25(28(34)36-7-2)26(20-11-8-9-12-23(20)35-5)32-27(33)24(38-29(32)31-21)16-18-15-19(30)13-14-22(18)37-17(3)4/h8-9,11-17,26H,6-7,10H2,1-5H3/b24-16+/t26-/m0/s1. The molecule has 0 amide bonds. The molecule has 0 saturated heterocycles. The number of hydrogen-bond acceptors (Lipinski definition) is 7. The van der Waals surface area contributed by atoms with Gasteiger partial charge in [-0.2, -0.15) is 0 Å². The monoisotopic (exact) mass is 554 g/mol. The van der Waals surface area contributed by atoms with E-state index in [4.69, 9.17) is 30.8 Å². The van der Waals surface area contributed by atoms with Crippen molar-refractivity contribution in [3.05, 3.63) is 89.6 Å². The van der Waals surface area contributed by atoms with Gasteiger partial charge in [0.05, 0.1) is 35.6 Å². The summed E-state index contributed by atoms with van der Waals surface area (Å²) in [4.78, 5) is 32.6. The number of ether oxygens (including phenoxy) is 3. The Morgan fingerprint density at radius 2 is 1.95 bits per heavy atom. The number of halogens is 1. The largest absolute Gasteiger partial charge is 0.496 e. The minimum atomic E-state index is -0.754. The zero-order chi connectivity index (χ0) is 27.4. The number of thiazole rings is 1. The van der Waals surface area contributed by atoms with Crippen LogP contribution >= 0.6 is 22.9 Å². The van der Waals surface area contributed by atoms with Crippen molar-refractivity contribution in [1.82, 2.24) is 4.57 Å². The lowest BCUT2D eigenvalue weighted by Crippen LogP contribution is -2.40. The van der Waals surface area contributed by atoms with Gasteiger partial charge in [0.25, 0.3) is 5.56 Å². The van der Waals surface area contributed by atoms with Crippen LogP contribution in [0.5, 0.6) is 11.5 Å². The number of nitrogens with zero attached hydrogens (tertiary/aromatic N) is 2. The molecule has 3 aromatic rings. The Balaban J connectivity index is 2.02. The minimum Gasteiger partial charge on any atom is -0.496 e. The van der Waals surface area contributed by atoms with Gasteiger partial charge in [-0.3, -0.25) is 9.36 Å². The fraction of sp³-hybridized carbons (Fsp3) is 0.345. The molecule has 0 N–H and O–H groups in total. The van der Waals surface area contributed by atoms with Crippen LogP contribution in [-0.2, 0) is 9.53 Å². The van der Waals surface area contributed by atoms with Crippen molar-refractivity contribution in [2.75, 3.05) is 13.7 Å². The quantitative estimate of drug-likeness (QED) is 0.347. The highest BCUT2D eigenvalue weighted by atomic mass is 35.5. The number of carbonyl (C=O) groups is 1. The Kier molecular flexibility index (Phi) is 8.74. The van der Waals surface area contributed by atoms with Crippen LogP contribution in [0.2, 0.25) is 5.02 Å². The van der Waals surface area contributed by atoms with Crippen molar-refractivity contribution in [2.24, 2.45) is 4.99 Å². The molecule has 1 aliphatic heterocycles. The average Bonchev–Trinajstić information content (AvgIpc) is 3.19. The number of esters is 1. The molecule has 4 rings (SSSR count). The summed E-state index contributed by atoms with van der Waals surface area (Å²) in [6.45, 7) is 7.86. The molecule has 1 aromatic heterocycles. The van der Waals surface area contributed by atoms with E-state index in [1.807, 2.05) is 45.0 Å². The predicted octanol–water partition coefficient (Wildman–Crippen LogP) is 5.03. The molecular weight excluding hydrogens is 524 g/mol. The maximum atomic E-state index is 14.0. The summed E-state index contributed by atoms with van der Waals surface area (Å²) in [7, 11) is 1.57. The maximum absolute atomic E-state index is 14.0. The van der Waals surface area contributed by atoms with Gasteiger partial charge in [0.1, 0.15) is 17.5 Å². The average molecular weight is 555 g/mol. The number of carbonyl (C=O) groups excluding carboxylic acids is 1. The van der Waals surface area contributed by atoms with Crippen molar-refractivity contribution in [2.45, 2.75) is 52.7 Å². The molecule has 1 atom stereocenters. The van der Waals surface area contributed by atoms with Gasteiger partial charge >= 0.3 is 5.97 Å². The van der Waals surface area contributed by atoms with Gasteiger partial charge < -0.3 is 14.2 Å². The molecule has 0 saturated carbocycles. The van der Waals surface area contributed by atoms with E-state index in [0.717, 1.165) is 6.42 Å². The van der Waals surface area contributed by atoms with E-state index < -0.39 is 12.0 Å². The second-order valence-electron chi connectivity index (χ2n) is 9.00. The van der Waals surface area contributed by atoms with Gasteiger partial charge in [0, 0.05) is 16.1 Å². The lowest BCUT2D eigenvalue weighted by molar-refractivity contribution is -0.139. The van der Waals surface area contributed by atoms with Crippen molar-refractivity contribution in [3.8, 4) is 11.5 Å². The highest BCUT2D eigenvalue weighted by molar-refractivity contribution is 7.07. The van der Waals surface area contributed by atoms with Gasteiger partial charge in [-0.25, -0.2) is 9.79 Å². The third-order valence-electron chi connectivity index (χ3n) is 5.95. The van der Waals surface area contributed by atoms with E-state index in [1.54, 1.807) is 42.9 Å². The van der Waals surface area contributed by atoms with Crippen LogP contribution < -0.4 is 24.4 Å². The van der Waals surface area contributed by atoms with E-state index >= 15 is 0 Å². The molecule has 0 fully saturated rings. The van der Waals surface area contributed by atoms with Gasteiger partial charge in [-0.05, 0) is 57.5 Å². The lowest BCUT2D eigenvalue weighted by atomic mass is 9.93. The Hall–Kier alpha value is -3.36. The fourth-order valence-electron chi connectivity index (χ4n) is 4.44. The molecule has 0 unspecified atom stereocenters. The van der Waals surface area contributed by atoms with Crippen molar-refractivity contribution < 1.29 is 19.0 Å². The number of para-hydroxylation sites is 1. The Bertz CT molecular complexity index is 1550. The third-order valence-corrected chi connectivity index (χ3v) is 7.16. The highest BCUT2D eigenvalue weighted by Crippen LogP contribution is 2.37. The second-order valence-corrected chi connectivity index (χ2v) is 10.4. The van der Waals surface area contributed by atoms with E-state index in [2.05, 4.69) is 0 Å². The second kappa shape index (κ2) is 12.0. The SMILES string of the molecule is CCCC1=C(C(=O)OCC)[C@H](c2ccccc2OC)n2c(s/c(=C/c3cc(Cl)ccc3OC(C)C)c2=O)=N1. The predicted molar refractivity (Wildman–Crippen MR) is 150 cm³/mol. The molecule has 0 radical (unpaired) electrons. The molecule has 7 nitrogen and oxygen atoms in total. The van der Waals surface area contributed by atoms with Crippen LogP contribution in [0.4, 0.5) is 0 Å². The van der Waals surface area contributed by atoms with Crippen LogP contribution in [0.3, 0.4) is 0 Å². The van der Waals surface area contributed by atoms with Gasteiger partial charge in [-0.15, -0.1) is 0 Å². The number of hydrogen-bond donors (Lipinski definition) is 0. The summed E-state index contributed by atoms with van der Waals surface area (Å²) in [6, 6.07) is 11.9. The highest BCUT2D eigenvalue weighted by Gasteiger charge is 2.35. The van der Waals surface area contributed by atoms with E-state index in [9.17, 15) is 9.59 Å². The maximum Gasteiger partial charge on any atom is 0.338 e. The minimum absolute atomic E-state index is 0.0566. The number of allylic oxidation sites excluding steroid dienone is 1. The summed E-state index contributed by atoms with van der Waals surface area (Å²) in [5.41, 5.74) is 2.05. The summed E-state index contributed by atoms with van der Waals surface area (Å²) in [6.07, 6.45) is 3.04. The smallest absolute Gasteiger partial charge is 0.338 e. The van der Waals surface area contributed by atoms with E-state index in [0.29, 0.717) is 54.7 Å². The Labute approximate surface area is 230 Å². The Morgan fingerprint density at radius 1 is 1.18 bits per heavy atom. The normalized spacial score (nSPS) is 15.3. The third kappa shape index (κ3) is 5.56. The number of methoxy groups -OCH3 is 1. The molecule has 200 valence electrons. The molecular formula is C29H31ClN2O5S. The number of benzene rings is 2. The van der Waals surface area contributed by atoms with E-state index in [-0.39, 0.29) is 18.3 Å². The summed E-state index contributed by atoms with van der Waals surface area (Å²) in [5, 5.41) is 0.529. The van der Waals surface area contributed by atoms with Crippen molar-refractivity contribution in [1.29, 1.82) is 0 Å². The molecule has 9 heteroatoms. The molecule has 0 spiro atoms. The lowest BCUT2D eigenvalue weighted by Gasteiger charge is -2.26. The first-order valence-corrected chi connectivity index (χ1v) is 13.8. The van der Waals surface area contributed by atoms with Crippen LogP contribution in [0.15, 0.2) is 63.5 Å². The van der Waals surface area contributed by atoms with Crippen LogP contribution in [-0.4, -0.2) is 30.4 Å². The van der Waals surface area contributed by atoms with Gasteiger partial charge in [0.15, 0.2) is 4.80 Å². The van der Waals surface area contributed by atoms with Crippen LogP contribution in [0.1, 0.15) is 57.7 Å². The zero-order valence-electron chi connectivity index (χ0n) is 22.1. The van der Waals surface area contributed by atoms with Crippen molar-refractivity contribution in [3.63, 3.8) is 0 Å². The van der Waals surface area contributed by atoms with Gasteiger partial charge in [0.2, 0.25) is 0 Å². The summed E-state index contributed by atoms with van der Waals surface area (Å²) < 4.78 is 19.1. The molecule has 2 aromatic carbocycles. The summed E-state index contributed by atoms with van der Waals surface area (Å²) in [5.74, 6) is 0.692. The molecule has 2 heterocycles. The molecule has 0 bridgehead atoms. The zero-order valence-corrected chi connectivity index (χ0v) is 23.7. The van der Waals surface area contributed by atoms with E-state index in [1.165, 1.54) is 11.3 Å². The summed E-state index contributed by atoms with van der Waals surface area (Å²) >= 11 is 7.55. The topological polar surface area (TPSA) is 79.1 Å².